The average molecular weight is 138 g/mol. The van der Waals surface area contributed by atoms with Gasteiger partial charge in [0.25, 0.3) is 0 Å². The molecular formula is C6H9F3. The Bertz CT molecular complexity index is 78.4. The summed E-state index contributed by atoms with van der Waals surface area (Å²) in [4.78, 5) is 0. The van der Waals surface area contributed by atoms with Crippen molar-refractivity contribution in [2.45, 2.75) is 19.3 Å². The Morgan fingerprint density at radius 2 is 1.89 bits per heavy atom. The van der Waals surface area contributed by atoms with Gasteiger partial charge >= 0.3 is 0 Å². The van der Waals surface area contributed by atoms with Crippen molar-refractivity contribution < 1.29 is 13.2 Å². The molecule has 0 aromatic heterocycles. The molecule has 0 unspecified atom stereocenters. The van der Waals surface area contributed by atoms with Crippen LogP contribution < -0.4 is 0 Å². The van der Waals surface area contributed by atoms with E-state index in [2.05, 4.69) is 0 Å². The van der Waals surface area contributed by atoms with Crippen molar-refractivity contribution in [3.63, 3.8) is 0 Å². The maximum atomic E-state index is 11.3. The fraction of sp³-hybridized carbons (Fsp3) is 0.667. The largest absolute Gasteiger partial charge is 0.247 e. The first-order valence-corrected chi connectivity index (χ1v) is 2.76. The molecular weight excluding hydrogens is 129 g/mol. The summed E-state index contributed by atoms with van der Waals surface area (Å²) < 4.78 is 33.9. The number of hydrogen-bond acceptors (Lipinski definition) is 0. The maximum Gasteiger partial charge on any atom is 0.238 e. The molecule has 0 heterocycles. The monoisotopic (exact) mass is 138 g/mol. The van der Waals surface area contributed by atoms with Gasteiger partial charge in [-0.1, -0.05) is 12.2 Å². The minimum absolute atomic E-state index is 0.170. The van der Waals surface area contributed by atoms with Gasteiger partial charge in [0, 0.05) is 6.42 Å². The van der Waals surface area contributed by atoms with Crippen molar-refractivity contribution in [1.82, 2.24) is 0 Å². The highest BCUT2D eigenvalue weighted by Crippen LogP contribution is 2.02. The third-order valence-corrected chi connectivity index (χ3v) is 0.807. The second-order valence-electron chi connectivity index (χ2n) is 1.59. The lowest BCUT2D eigenvalue weighted by Crippen LogP contribution is -1.86. The lowest BCUT2D eigenvalue weighted by Gasteiger charge is -1.90. The van der Waals surface area contributed by atoms with E-state index in [1.807, 2.05) is 0 Å². The van der Waals surface area contributed by atoms with Crippen LogP contribution in [0.25, 0.3) is 0 Å². The van der Waals surface area contributed by atoms with Crippen LogP contribution in [0.1, 0.15) is 12.8 Å². The lowest BCUT2D eigenvalue weighted by molar-refractivity contribution is 0.139. The molecule has 0 aromatic carbocycles. The van der Waals surface area contributed by atoms with Crippen LogP contribution in [0.3, 0.4) is 0 Å². The molecule has 0 aromatic rings. The van der Waals surface area contributed by atoms with Gasteiger partial charge in [0.15, 0.2) is 0 Å². The van der Waals surface area contributed by atoms with Crippen molar-refractivity contribution in [3.8, 4) is 0 Å². The Balaban J connectivity index is 2.99. The Morgan fingerprint density at radius 1 is 1.22 bits per heavy atom. The molecule has 0 atom stereocenters. The Labute approximate surface area is 52.4 Å². The molecule has 0 amide bonds. The Hall–Kier alpha value is -0.470. The van der Waals surface area contributed by atoms with E-state index in [4.69, 9.17) is 0 Å². The van der Waals surface area contributed by atoms with Crippen LogP contribution in [0, 0.1) is 0 Å². The van der Waals surface area contributed by atoms with Crippen LogP contribution in [-0.2, 0) is 0 Å². The highest BCUT2D eigenvalue weighted by atomic mass is 19.3. The summed E-state index contributed by atoms with van der Waals surface area (Å²) in [6.07, 6.45) is 0.487. The summed E-state index contributed by atoms with van der Waals surface area (Å²) in [5, 5.41) is 0. The van der Waals surface area contributed by atoms with E-state index in [-0.39, 0.29) is 12.8 Å². The van der Waals surface area contributed by atoms with Crippen LogP contribution in [0.5, 0.6) is 0 Å². The molecule has 9 heavy (non-hydrogen) atoms. The second-order valence-corrected chi connectivity index (χ2v) is 1.59. The third kappa shape index (κ3) is 7.53. The smallest absolute Gasteiger partial charge is 0.238 e. The number of halogens is 3. The zero-order valence-electron chi connectivity index (χ0n) is 4.99. The van der Waals surface area contributed by atoms with Gasteiger partial charge in [0.05, 0.1) is 0 Å². The van der Waals surface area contributed by atoms with Crippen molar-refractivity contribution in [2.24, 2.45) is 0 Å². The molecule has 0 aliphatic carbocycles. The molecule has 0 spiro atoms. The fourth-order valence-electron chi connectivity index (χ4n) is 0.403. The second kappa shape index (κ2) is 5.66. The van der Waals surface area contributed by atoms with Crippen LogP contribution in [-0.4, -0.2) is 13.1 Å². The number of hydrogen-bond donors (Lipinski definition) is 0. The summed E-state index contributed by atoms with van der Waals surface area (Å²) in [7, 11) is 0. The van der Waals surface area contributed by atoms with E-state index >= 15 is 0 Å². The normalized spacial score (nSPS) is 11.6. The van der Waals surface area contributed by atoms with Gasteiger partial charge in [0.1, 0.15) is 6.67 Å². The molecule has 0 N–H and O–H groups in total. The van der Waals surface area contributed by atoms with Gasteiger partial charge in [0.2, 0.25) is 6.43 Å². The maximum absolute atomic E-state index is 11.3. The Kier molecular flexibility index (Phi) is 5.37. The minimum atomic E-state index is -2.27. The van der Waals surface area contributed by atoms with Gasteiger partial charge in [-0.25, -0.2) is 13.2 Å². The van der Waals surface area contributed by atoms with Crippen LogP contribution >= 0.6 is 0 Å². The molecule has 3 heteroatoms. The fourth-order valence-corrected chi connectivity index (χ4v) is 0.403. The van der Waals surface area contributed by atoms with Crippen molar-refractivity contribution in [2.75, 3.05) is 6.67 Å². The van der Waals surface area contributed by atoms with E-state index in [0.29, 0.717) is 0 Å². The minimum Gasteiger partial charge on any atom is -0.247 e. The number of rotatable bonds is 4. The first kappa shape index (κ1) is 8.53. The molecule has 54 valence electrons. The predicted octanol–water partition coefficient (Wildman–Crippen LogP) is 2.56. The number of alkyl halides is 3. The standard InChI is InChI=1S/C6H9F3/c7-5-3-1-2-4-6(8)9/h1,3,6H,2,4-5H2/b3-1+. The van der Waals surface area contributed by atoms with Crippen LogP contribution in [0.15, 0.2) is 12.2 Å². The molecule has 0 saturated carbocycles. The van der Waals surface area contributed by atoms with Crippen LogP contribution in [0.2, 0.25) is 0 Å². The molecule has 0 radical (unpaired) electrons. The summed E-state index contributed by atoms with van der Waals surface area (Å²) >= 11 is 0. The summed E-state index contributed by atoms with van der Waals surface area (Å²) in [5.41, 5.74) is 0. The van der Waals surface area contributed by atoms with Crippen molar-refractivity contribution in [3.05, 3.63) is 12.2 Å². The van der Waals surface area contributed by atoms with Crippen molar-refractivity contribution >= 4 is 0 Å². The molecule has 0 nitrogen and oxygen atoms in total. The topological polar surface area (TPSA) is 0 Å². The highest BCUT2D eigenvalue weighted by molar-refractivity contribution is 4.80. The molecule has 0 aliphatic rings. The first-order chi connectivity index (χ1) is 4.27. The lowest BCUT2D eigenvalue weighted by atomic mass is 10.3. The third-order valence-electron chi connectivity index (χ3n) is 0.807. The van der Waals surface area contributed by atoms with Gasteiger partial charge in [-0.2, -0.15) is 0 Å². The SMILES string of the molecule is FC/C=C/CCC(F)F. The van der Waals surface area contributed by atoms with E-state index in [0.717, 1.165) is 0 Å². The van der Waals surface area contributed by atoms with E-state index in [1.54, 1.807) is 0 Å². The first-order valence-electron chi connectivity index (χ1n) is 2.76. The van der Waals surface area contributed by atoms with Crippen molar-refractivity contribution in [1.29, 1.82) is 0 Å². The molecule has 0 rings (SSSR count). The average Bonchev–Trinajstić information content (AvgIpc) is 1.80. The van der Waals surface area contributed by atoms with Gasteiger partial charge in [-0.05, 0) is 6.42 Å². The Morgan fingerprint density at radius 3 is 2.33 bits per heavy atom. The summed E-state index contributed by atoms with van der Waals surface area (Å²) in [5.74, 6) is 0. The molecule has 0 saturated heterocycles. The van der Waals surface area contributed by atoms with Crippen LogP contribution in [0.4, 0.5) is 13.2 Å². The molecule has 0 fully saturated rings. The summed E-state index contributed by atoms with van der Waals surface area (Å²) in [6.45, 7) is -0.566. The molecule has 0 bridgehead atoms. The zero-order valence-corrected chi connectivity index (χ0v) is 4.99. The van der Waals surface area contributed by atoms with Gasteiger partial charge in [-0.15, -0.1) is 0 Å². The number of allylic oxidation sites excluding steroid dienone is 2. The highest BCUT2D eigenvalue weighted by Gasteiger charge is 1.97. The summed E-state index contributed by atoms with van der Waals surface area (Å²) in [6, 6.07) is 0. The van der Waals surface area contributed by atoms with E-state index in [9.17, 15) is 13.2 Å². The van der Waals surface area contributed by atoms with E-state index in [1.165, 1.54) is 12.2 Å². The molecule has 0 aliphatic heterocycles. The quantitative estimate of drug-likeness (QED) is 0.524. The van der Waals surface area contributed by atoms with E-state index < -0.39 is 13.1 Å². The van der Waals surface area contributed by atoms with Gasteiger partial charge < -0.3 is 0 Å². The zero-order chi connectivity index (χ0) is 7.11. The predicted molar refractivity (Wildman–Crippen MR) is 30.4 cm³/mol. The van der Waals surface area contributed by atoms with Gasteiger partial charge in [-0.3, -0.25) is 0 Å².